The summed E-state index contributed by atoms with van der Waals surface area (Å²) in [4.78, 5) is 28.8. The molecule has 1 unspecified atom stereocenters. The topological polar surface area (TPSA) is 59.8 Å². The zero-order valence-corrected chi connectivity index (χ0v) is 18.3. The van der Waals surface area contributed by atoms with Crippen LogP contribution in [0.1, 0.15) is 38.9 Å². The van der Waals surface area contributed by atoms with Gasteiger partial charge in [-0.3, -0.25) is 9.59 Å². The summed E-state index contributed by atoms with van der Waals surface area (Å²) in [5, 5.41) is 1.02. The second-order valence-corrected chi connectivity index (χ2v) is 8.28. The molecule has 3 aromatic carbocycles. The molecule has 0 saturated carbocycles. The van der Waals surface area contributed by atoms with E-state index >= 15 is 0 Å². The van der Waals surface area contributed by atoms with Crippen molar-refractivity contribution in [1.82, 2.24) is 4.90 Å². The van der Waals surface area contributed by atoms with Crippen molar-refractivity contribution in [2.45, 2.75) is 19.5 Å². The molecular formula is C26H20ClNO4. The van der Waals surface area contributed by atoms with E-state index in [2.05, 4.69) is 0 Å². The van der Waals surface area contributed by atoms with Gasteiger partial charge in [0.1, 0.15) is 11.3 Å². The first kappa shape index (κ1) is 20.3. The molecule has 5 nitrogen and oxygen atoms in total. The molecule has 32 heavy (non-hydrogen) atoms. The molecule has 1 aromatic heterocycles. The summed E-state index contributed by atoms with van der Waals surface area (Å²) in [5.74, 6) is 0.376. The number of hydrogen-bond acceptors (Lipinski definition) is 4. The summed E-state index contributed by atoms with van der Waals surface area (Å²) in [6.07, 6.45) is 0. The number of amides is 1. The van der Waals surface area contributed by atoms with Crippen LogP contribution in [0.15, 0.2) is 75.9 Å². The largest absolute Gasteiger partial charge is 0.497 e. The Labute approximate surface area is 189 Å². The second-order valence-electron chi connectivity index (χ2n) is 7.88. The van der Waals surface area contributed by atoms with E-state index in [0.717, 1.165) is 16.7 Å². The molecule has 0 radical (unpaired) electrons. The average Bonchev–Trinajstić information content (AvgIpc) is 3.08. The molecule has 1 atom stereocenters. The van der Waals surface area contributed by atoms with E-state index in [-0.39, 0.29) is 23.6 Å². The molecule has 2 heterocycles. The van der Waals surface area contributed by atoms with Crippen LogP contribution in [-0.2, 0) is 6.54 Å². The van der Waals surface area contributed by atoms with Crippen molar-refractivity contribution in [3.63, 3.8) is 0 Å². The highest BCUT2D eigenvalue weighted by molar-refractivity contribution is 6.31. The van der Waals surface area contributed by atoms with E-state index in [4.69, 9.17) is 20.8 Å². The van der Waals surface area contributed by atoms with E-state index in [9.17, 15) is 9.59 Å². The van der Waals surface area contributed by atoms with E-state index in [1.54, 1.807) is 30.2 Å². The van der Waals surface area contributed by atoms with Crippen LogP contribution in [0.2, 0.25) is 5.02 Å². The van der Waals surface area contributed by atoms with E-state index in [1.807, 2.05) is 55.5 Å². The molecule has 4 aromatic rings. The number of ether oxygens (including phenoxy) is 1. The van der Waals surface area contributed by atoms with E-state index < -0.39 is 6.04 Å². The lowest BCUT2D eigenvalue weighted by Gasteiger charge is -2.26. The number of benzene rings is 3. The quantitative estimate of drug-likeness (QED) is 0.415. The lowest BCUT2D eigenvalue weighted by atomic mass is 9.97. The van der Waals surface area contributed by atoms with Gasteiger partial charge in [0.05, 0.1) is 24.1 Å². The fourth-order valence-corrected chi connectivity index (χ4v) is 4.46. The van der Waals surface area contributed by atoms with E-state index in [0.29, 0.717) is 27.3 Å². The first-order chi connectivity index (χ1) is 15.5. The first-order valence-electron chi connectivity index (χ1n) is 10.2. The maximum absolute atomic E-state index is 13.6. The number of hydrogen-bond donors (Lipinski definition) is 0. The van der Waals surface area contributed by atoms with Crippen molar-refractivity contribution in [2.75, 3.05) is 7.11 Å². The molecule has 1 amide bonds. The SMILES string of the molecule is COc1cccc(C2c3c(oc4ccc(C)cc4c3=O)C(=O)N2Cc2ccccc2Cl)c1. The van der Waals surface area contributed by atoms with Crippen LogP contribution in [-0.4, -0.2) is 17.9 Å². The molecule has 1 aliphatic heterocycles. The minimum atomic E-state index is -0.620. The number of carbonyl (C=O) groups is 1. The normalized spacial score (nSPS) is 15.3. The van der Waals surface area contributed by atoms with Gasteiger partial charge >= 0.3 is 0 Å². The fourth-order valence-electron chi connectivity index (χ4n) is 4.27. The second kappa shape index (κ2) is 7.84. The molecule has 0 bridgehead atoms. The van der Waals surface area contributed by atoms with Crippen LogP contribution in [0.4, 0.5) is 0 Å². The third-order valence-electron chi connectivity index (χ3n) is 5.83. The van der Waals surface area contributed by atoms with Crippen molar-refractivity contribution in [1.29, 1.82) is 0 Å². The monoisotopic (exact) mass is 445 g/mol. The Morgan fingerprint density at radius 1 is 1.03 bits per heavy atom. The van der Waals surface area contributed by atoms with Gasteiger partial charge in [0.2, 0.25) is 5.76 Å². The Morgan fingerprint density at radius 2 is 1.84 bits per heavy atom. The lowest BCUT2D eigenvalue weighted by Crippen LogP contribution is -2.29. The summed E-state index contributed by atoms with van der Waals surface area (Å²) in [7, 11) is 1.58. The molecule has 1 aliphatic rings. The molecule has 0 saturated heterocycles. The molecule has 160 valence electrons. The standard InChI is InChI=1S/C26H20ClNO4/c1-15-10-11-21-19(12-15)24(29)22-23(16-7-5-8-18(13-16)31-2)28(26(30)25(22)32-21)14-17-6-3-4-9-20(17)27/h3-13,23H,14H2,1-2H3. The van der Waals surface area contributed by atoms with Gasteiger partial charge < -0.3 is 14.1 Å². The summed E-state index contributed by atoms with van der Waals surface area (Å²) in [6.45, 7) is 2.15. The number of nitrogens with zero attached hydrogens (tertiary/aromatic N) is 1. The van der Waals surface area contributed by atoms with Crippen LogP contribution in [0.25, 0.3) is 11.0 Å². The van der Waals surface area contributed by atoms with Crippen molar-refractivity contribution in [2.24, 2.45) is 0 Å². The van der Waals surface area contributed by atoms with Gasteiger partial charge in [-0.1, -0.05) is 53.6 Å². The van der Waals surface area contributed by atoms with Crippen molar-refractivity contribution in [3.8, 4) is 5.75 Å². The summed E-state index contributed by atoms with van der Waals surface area (Å²) < 4.78 is 11.4. The highest BCUT2D eigenvalue weighted by atomic mass is 35.5. The predicted molar refractivity (Wildman–Crippen MR) is 123 cm³/mol. The molecule has 5 rings (SSSR count). The van der Waals surface area contributed by atoms with E-state index in [1.165, 1.54) is 0 Å². The number of rotatable bonds is 4. The van der Waals surface area contributed by atoms with Gasteiger partial charge in [0.15, 0.2) is 5.43 Å². The fraction of sp³-hybridized carbons (Fsp3) is 0.154. The Balaban J connectivity index is 1.75. The van der Waals surface area contributed by atoms with Crippen LogP contribution in [0.5, 0.6) is 5.75 Å². The number of halogens is 1. The third kappa shape index (κ3) is 3.26. The van der Waals surface area contributed by atoms with Crippen LogP contribution in [0, 0.1) is 6.92 Å². The number of fused-ring (bicyclic) bond motifs is 2. The maximum atomic E-state index is 13.6. The summed E-state index contributed by atoms with van der Waals surface area (Å²) in [6, 6.07) is 19.5. The van der Waals surface area contributed by atoms with Crippen molar-refractivity contribution >= 4 is 28.5 Å². The molecule has 0 aliphatic carbocycles. The Hall–Kier alpha value is -3.57. The minimum Gasteiger partial charge on any atom is -0.497 e. The van der Waals surface area contributed by atoms with Gasteiger partial charge in [-0.25, -0.2) is 0 Å². The molecule has 0 fully saturated rings. The number of methoxy groups -OCH3 is 1. The smallest absolute Gasteiger partial charge is 0.291 e. The Kier molecular flexibility index (Phi) is 4.98. The van der Waals surface area contributed by atoms with Gasteiger partial charge in [-0.05, 0) is 48.4 Å². The molecule has 0 N–H and O–H groups in total. The summed E-state index contributed by atoms with van der Waals surface area (Å²) in [5.41, 5.74) is 3.04. The summed E-state index contributed by atoms with van der Waals surface area (Å²) >= 11 is 6.39. The third-order valence-corrected chi connectivity index (χ3v) is 6.20. The van der Waals surface area contributed by atoms with Crippen LogP contribution < -0.4 is 10.2 Å². The number of carbonyl (C=O) groups excluding carboxylic acids is 1. The zero-order chi connectivity index (χ0) is 22.4. The lowest BCUT2D eigenvalue weighted by molar-refractivity contribution is 0.0714. The molecule has 0 spiro atoms. The minimum absolute atomic E-state index is 0.0752. The van der Waals surface area contributed by atoms with Crippen LogP contribution in [0.3, 0.4) is 0 Å². The Morgan fingerprint density at radius 3 is 2.62 bits per heavy atom. The highest BCUT2D eigenvalue weighted by Crippen LogP contribution is 2.40. The highest BCUT2D eigenvalue weighted by Gasteiger charge is 2.43. The zero-order valence-electron chi connectivity index (χ0n) is 17.6. The molecular weight excluding hydrogens is 426 g/mol. The Bertz CT molecular complexity index is 1430. The van der Waals surface area contributed by atoms with Gasteiger partial charge in [0, 0.05) is 11.6 Å². The van der Waals surface area contributed by atoms with Gasteiger partial charge in [-0.2, -0.15) is 0 Å². The first-order valence-corrected chi connectivity index (χ1v) is 10.6. The maximum Gasteiger partial charge on any atom is 0.291 e. The van der Waals surface area contributed by atoms with Crippen molar-refractivity contribution < 1.29 is 13.9 Å². The van der Waals surface area contributed by atoms with Gasteiger partial charge in [0.25, 0.3) is 5.91 Å². The molecule has 6 heteroatoms. The predicted octanol–water partition coefficient (Wildman–Crippen LogP) is 5.51. The van der Waals surface area contributed by atoms with Gasteiger partial charge in [-0.15, -0.1) is 0 Å². The number of aryl methyl sites for hydroxylation is 1. The van der Waals surface area contributed by atoms with Crippen LogP contribution >= 0.6 is 11.6 Å². The van der Waals surface area contributed by atoms with Crippen molar-refractivity contribution in [3.05, 3.63) is 110 Å². The average molecular weight is 446 g/mol.